The molecule has 1 aliphatic heterocycles. The number of cyclic esters (lactones) is 1. The first-order valence-corrected chi connectivity index (χ1v) is 12.6. The van der Waals surface area contributed by atoms with Gasteiger partial charge in [0.1, 0.15) is 24.2 Å². The zero-order chi connectivity index (χ0) is 25.1. The predicted molar refractivity (Wildman–Crippen MR) is 128 cm³/mol. The molecule has 8 nitrogen and oxygen atoms in total. The van der Waals surface area contributed by atoms with Crippen LogP contribution in [0.3, 0.4) is 0 Å². The molecule has 1 rings (SSSR count). The van der Waals surface area contributed by atoms with Gasteiger partial charge in [-0.3, -0.25) is 14.4 Å². The standard InChI is InChI=1S/C25H45N3O5/c1-8-10-11-12-13-17(6)19-14-20(29)27-21(15(3)4)24(31)26-18(7)23(30)28-22(16(5)9-2)25(32)33-19/h15-19,21-22H,8-14H2,1-7H3,(H,26,31)(H,27,29)(H,28,30)/t16-,17?,18-,19?,21-,22?/m0/s1. The van der Waals surface area contributed by atoms with E-state index in [-0.39, 0.29) is 30.1 Å². The summed E-state index contributed by atoms with van der Waals surface area (Å²) >= 11 is 0. The van der Waals surface area contributed by atoms with Gasteiger partial charge >= 0.3 is 5.97 Å². The molecule has 0 bridgehead atoms. The molecule has 1 saturated heterocycles. The maximum atomic E-state index is 13.1. The summed E-state index contributed by atoms with van der Waals surface area (Å²) in [5.74, 6) is -2.11. The van der Waals surface area contributed by atoms with Crippen LogP contribution in [0.25, 0.3) is 0 Å². The van der Waals surface area contributed by atoms with E-state index in [1.807, 2.05) is 34.6 Å². The third-order valence-electron chi connectivity index (χ3n) is 6.58. The Bertz CT molecular complexity index is 666. The summed E-state index contributed by atoms with van der Waals surface area (Å²) < 4.78 is 5.88. The number of esters is 1. The molecule has 0 saturated carbocycles. The van der Waals surface area contributed by atoms with Crippen molar-refractivity contribution in [1.82, 2.24) is 16.0 Å². The minimum atomic E-state index is -0.857. The number of carbonyl (C=O) groups is 4. The van der Waals surface area contributed by atoms with Crippen LogP contribution in [0.1, 0.15) is 93.4 Å². The van der Waals surface area contributed by atoms with Gasteiger partial charge in [0.05, 0.1) is 6.42 Å². The SMILES string of the molecule is CCCCCCC(C)C1CC(=O)N[C@@H](C(C)C)C(=O)N[C@@H](C)C(=O)NC([C@@H](C)CC)C(=O)O1. The van der Waals surface area contributed by atoms with E-state index in [1.165, 1.54) is 0 Å². The fourth-order valence-corrected chi connectivity index (χ4v) is 3.93. The van der Waals surface area contributed by atoms with E-state index in [0.717, 1.165) is 32.1 Å². The molecule has 3 amide bonds. The fourth-order valence-electron chi connectivity index (χ4n) is 3.93. The summed E-state index contributed by atoms with van der Waals surface area (Å²) in [7, 11) is 0. The van der Waals surface area contributed by atoms with Crippen LogP contribution in [0.15, 0.2) is 0 Å². The van der Waals surface area contributed by atoms with Crippen LogP contribution in [-0.2, 0) is 23.9 Å². The lowest BCUT2D eigenvalue weighted by atomic mass is 9.93. The Labute approximate surface area is 199 Å². The van der Waals surface area contributed by atoms with Crippen LogP contribution < -0.4 is 16.0 Å². The molecule has 0 radical (unpaired) electrons. The Hall–Kier alpha value is -2.12. The fraction of sp³-hybridized carbons (Fsp3) is 0.840. The summed E-state index contributed by atoms with van der Waals surface area (Å²) in [6.45, 7) is 13.2. The van der Waals surface area contributed by atoms with Crippen molar-refractivity contribution in [3.8, 4) is 0 Å². The third-order valence-corrected chi connectivity index (χ3v) is 6.58. The Morgan fingerprint density at radius 3 is 2.09 bits per heavy atom. The molecule has 3 N–H and O–H groups in total. The first-order chi connectivity index (χ1) is 15.5. The van der Waals surface area contributed by atoms with Gasteiger partial charge in [-0.25, -0.2) is 4.79 Å². The number of rotatable bonds is 9. The van der Waals surface area contributed by atoms with Gasteiger partial charge in [0.2, 0.25) is 17.7 Å². The topological polar surface area (TPSA) is 114 Å². The summed E-state index contributed by atoms with van der Waals surface area (Å²) in [4.78, 5) is 51.6. The Morgan fingerprint density at radius 2 is 1.52 bits per heavy atom. The number of carbonyl (C=O) groups excluding carboxylic acids is 4. The number of nitrogens with one attached hydrogen (secondary N) is 3. The van der Waals surface area contributed by atoms with E-state index in [2.05, 4.69) is 22.9 Å². The van der Waals surface area contributed by atoms with E-state index >= 15 is 0 Å². The normalized spacial score (nSPS) is 27.3. The number of hydrogen-bond acceptors (Lipinski definition) is 5. The third kappa shape index (κ3) is 9.33. The van der Waals surface area contributed by atoms with Gasteiger partial charge in [0.25, 0.3) is 0 Å². The average molecular weight is 468 g/mol. The lowest BCUT2D eigenvalue weighted by molar-refractivity contribution is -0.158. The van der Waals surface area contributed by atoms with Crippen molar-refractivity contribution in [2.45, 2.75) is 118 Å². The molecular weight excluding hydrogens is 422 g/mol. The molecule has 1 aliphatic rings. The summed E-state index contributed by atoms with van der Waals surface area (Å²) in [5.41, 5.74) is 0. The second kappa shape index (κ2) is 14.2. The van der Waals surface area contributed by atoms with Crippen molar-refractivity contribution >= 4 is 23.7 Å². The van der Waals surface area contributed by atoms with Gasteiger partial charge in [-0.05, 0) is 31.1 Å². The van der Waals surface area contributed by atoms with Gasteiger partial charge in [-0.2, -0.15) is 0 Å². The lowest BCUT2D eigenvalue weighted by Crippen LogP contribution is -2.56. The lowest BCUT2D eigenvalue weighted by Gasteiger charge is -2.29. The second-order valence-corrected chi connectivity index (χ2v) is 9.90. The van der Waals surface area contributed by atoms with E-state index in [9.17, 15) is 19.2 Å². The van der Waals surface area contributed by atoms with Gasteiger partial charge in [-0.15, -0.1) is 0 Å². The Morgan fingerprint density at radius 1 is 0.848 bits per heavy atom. The van der Waals surface area contributed by atoms with Gasteiger partial charge in [0, 0.05) is 0 Å². The zero-order valence-electron chi connectivity index (χ0n) is 21.5. The molecule has 190 valence electrons. The maximum absolute atomic E-state index is 13.1. The van der Waals surface area contributed by atoms with Gasteiger partial charge < -0.3 is 20.7 Å². The largest absolute Gasteiger partial charge is 0.460 e. The number of amides is 3. The number of unbranched alkanes of at least 4 members (excludes halogenated alkanes) is 3. The molecule has 0 aromatic heterocycles. The minimum absolute atomic E-state index is 0.0199. The van der Waals surface area contributed by atoms with Crippen molar-refractivity contribution in [1.29, 1.82) is 0 Å². The van der Waals surface area contributed by atoms with Crippen molar-refractivity contribution < 1.29 is 23.9 Å². The van der Waals surface area contributed by atoms with Crippen molar-refractivity contribution in [2.75, 3.05) is 0 Å². The molecule has 1 heterocycles. The van der Waals surface area contributed by atoms with E-state index in [1.54, 1.807) is 6.92 Å². The van der Waals surface area contributed by atoms with E-state index < -0.39 is 42.0 Å². The molecule has 6 atom stereocenters. The highest BCUT2D eigenvalue weighted by Gasteiger charge is 2.35. The van der Waals surface area contributed by atoms with E-state index in [0.29, 0.717) is 6.42 Å². The molecule has 8 heteroatoms. The quantitative estimate of drug-likeness (QED) is 0.356. The number of hydrogen-bond donors (Lipinski definition) is 3. The van der Waals surface area contributed by atoms with Crippen LogP contribution in [0.2, 0.25) is 0 Å². The minimum Gasteiger partial charge on any atom is -0.460 e. The Balaban J connectivity index is 3.22. The summed E-state index contributed by atoms with van der Waals surface area (Å²) in [6.07, 6.45) is 5.19. The predicted octanol–water partition coefficient (Wildman–Crippen LogP) is 3.08. The van der Waals surface area contributed by atoms with Crippen molar-refractivity contribution in [2.24, 2.45) is 17.8 Å². The average Bonchev–Trinajstić information content (AvgIpc) is 2.76. The molecule has 0 aromatic carbocycles. The molecule has 1 fully saturated rings. The highest BCUT2D eigenvalue weighted by molar-refractivity contribution is 5.94. The van der Waals surface area contributed by atoms with E-state index in [4.69, 9.17) is 4.74 Å². The summed E-state index contributed by atoms with van der Waals surface area (Å²) in [6, 6.07) is -2.49. The molecule has 3 unspecified atom stereocenters. The highest BCUT2D eigenvalue weighted by Crippen LogP contribution is 2.22. The smallest absolute Gasteiger partial charge is 0.329 e. The zero-order valence-corrected chi connectivity index (χ0v) is 21.5. The van der Waals surface area contributed by atoms with Crippen LogP contribution in [0, 0.1) is 17.8 Å². The van der Waals surface area contributed by atoms with Crippen LogP contribution in [0.5, 0.6) is 0 Å². The van der Waals surface area contributed by atoms with Crippen molar-refractivity contribution in [3.63, 3.8) is 0 Å². The molecular formula is C25H45N3O5. The first-order valence-electron chi connectivity index (χ1n) is 12.6. The molecule has 0 aromatic rings. The summed E-state index contributed by atoms with van der Waals surface area (Å²) in [5, 5.41) is 8.22. The molecule has 0 spiro atoms. The molecule has 0 aliphatic carbocycles. The van der Waals surface area contributed by atoms with Crippen LogP contribution in [-0.4, -0.2) is 47.9 Å². The monoisotopic (exact) mass is 467 g/mol. The maximum Gasteiger partial charge on any atom is 0.329 e. The Kier molecular flexibility index (Phi) is 12.4. The second-order valence-electron chi connectivity index (χ2n) is 9.90. The van der Waals surface area contributed by atoms with Gasteiger partial charge in [0.15, 0.2) is 0 Å². The first kappa shape index (κ1) is 28.9. The molecule has 33 heavy (non-hydrogen) atoms. The van der Waals surface area contributed by atoms with Crippen molar-refractivity contribution in [3.05, 3.63) is 0 Å². The highest BCUT2D eigenvalue weighted by atomic mass is 16.5. The van der Waals surface area contributed by atoms with Crippen LogP contribution in [0.4, 0.5) is 0 Å². The number of ether oxygens (including phenoxy) is 1. The van der Waals surface area contributed by atoms with Crippen LogP contribution >= 0.6 is 0 Å². The van der Waals surface area contributed by atoms with Gasteiger partial charge in [-0.1, -0.05) is 73.6 Å².